The predicted octanol–water partition coefficient (Wildman–Crippen LogP) is 2.37. The first-order valence-electron chi connectivity index (χ1n) is 10.2. The van der Waals surface area contributed by atoms with E-state index in [0.29, 0.717) is 32.6 Å². The summed E-state index contributed by atoms with van der Waals surface area (Å²) < 4.78 is 15.0. The molecule has 0 spiro atoms. The van der Waals surface area contributed by atoms with E-state index in [1.807, 2.05) is 18.2 Å². The van der Waals surface area contributed by atoms with Gasteiger partial charge in [-0.25, -0.2) is 4.39 Å². The molecule has 7 nitrogen and oxygen atoms in total. The number of benzene rings is 1. The van der Waals surface area contributed by atoms with E-state index in [2.05, 4.69) is 10.1 Å². The lowest BCUT2D eigenvalue weighted by molar-refractivity contribution is -0.139. The Hall–Kier alpha value is -3.55. The van der Waals surface area contributed by atoms with Crippen LogP contribution in [0.1, 0.15) is 18.2 Å². The van der Waals surface area contributed by atoms with Crippen molar-refractivity contribution in [3.8, 4) is 11.3 Å². The fourth-order valence-corrected chi connectivity index (χ4v) is 3.71. The monoisotopic (exact) mass is 421 g/mol. The lowest BCUT2D eigenvalue weighted by Crippen LogP contribution is -2.50. The zero-order valence-corrected chi connectivity index (χ0v) is 17.4. The zero-order chi connectivity index (χ0) is 21.8. The third-order valence-electron chi connectivity index (χ3n) is 5.50. The summed E-state index contributed by atoms with van der Waals surface area (Å²) >= 11 is 0. The molecule has 0 aliphatic carbocycles. The van der Waals surface area contributed by atoms with Crippen molar-refractivity contribution in [2.75, 3.05) is 26.2 Å². The number of pyridine rings is 1. The molecule has 1 aliphatic rings. The van der Waals surface area contributed by atoms with Crippen LogP contribution in [0, 0.1) is 5.82 Å². The average Bonchev–Trinajstić information content (AvgIpc) is 3.18. The minimum absolute atomic E-state index is 0.0303. The van der Waals surface area contributed by atoms with Gasteiger partial charge in [-0.15, -0.1) is 0 Å². The van der Waals surface area contributed by atoms with Gasteiger partial charge >= 0.3 is 0 Å². The molecule has 0 atom stereocenters. The van der Waals surface area contributed by atoms with Crippen LogP contribution in [0.2, 0.25) is 0 Å². The van der Waals surface area contributed by atoms with Crippen LogP contribution < -0.4 is 0 Å². The maximum atomic E-state index is 13.3. The highest BCUT2D eigenvalue weighted by Crippen LogP contribution is 2.21. The Labute approximate surface area is 180 Å². The van der Waals surface area contributed by atoms with E-state index in [9.17, 15) is 14.0 Å². The molecule has 0 bridgehead atoms. The van der Waals surface area contributed by atoms with Crippen molar-refractivity contribution >= 4 is 11.8 Å². The van der Waals surface area contributed by atoms with Crippen LogP contribution in [-0.4, -0.2) is 62.6 Å². The lowest BCUT2D eigenvalue weighted by Gasteiger charge is -2.34. The van der Waals surface area contributed by atoms with Crippen molar-refractivity contribution in [2.45, 2.75) is 19.9 Å². The van der Waals surface area contributed by atoms with Gasteiger partial charge in [-0.1, -0.05) is 12.1 Å². The smallest absolute Gasteiger partial charge is 0.244 e. The maximum absolute atomic E-state index is 13.3. The van der Waals surface area contributed by atoms with Crippen molar-refractivity contribution < 1.29 is 14.0 Å². The number of nitrogens with zero attached hydrogens (tertiary/aromatic N) is 5. The van der Waals surface area contributed by atoms with Crippen molar-refractivity contribution in [3.05, 3.63) is 71.9 Å². The number of rotatable bonds is 5. The second kappa shape index (κ2) is 9.07. The zero-order valence-electron chi connectivity index (χ0n) is 17.4. The molecule has 2 amide bonds. The molecule has 0 radical (unpaired) electrons. The third kappa shape index (κ3) is 4.96. The topological polar surface area (TPSA) is 71.3 Å². The van der Waals surface area contributed by atoms with Crippen molar-refractivity contribution in [1.82, 2.24) is 24.6 Å². The molecule has 4 rings (SSSR count). The molecule has 0 unspecified atom stereocenters. The highest BCUT2D eigenvalue weighted by Gasteiger charge is 2.23. The van der Waals surface area contributed by atoms with Crippen molar-refractivity contribution in [2.24, 2.45) is 0 Å². The van der Waals surface area contributed by atoms with Crippen LogP contribution in [0.25, 0.3) is 11.3 Å². The quantitative estimate of drug-likeness (QED) is 0.634. The van der Waals surface area contributed by atoms with Gasteiger partial charge in [0.15, 0.2) is 0 Å². The van der Waals surface area contributed by atoms with Gasteiger partial charge in [-0.3, -0.25) is 19.3 Å². The summed E-state index contributed by atoms with van der Waals surface area (Å²) in [6.45, 7) is 3.79. The molecule has 0 N–H and O–H groups in total. The summed E-state index contributed by atoms with van der Waals surface area (Å²) in [5.41, 5.74) is 3.48. The number of carbonyl (C=O) groups excluding carboxylic acids is 2. The molecule has 1 saturated heterocycles. The fourth-order valence-electron chi connectivity index (χ4n) is 3.71. The van der Waals surface area contributed by atoms with E-state index in [1.165, 1.54) is 12.1 Å². The van der Waals surface area contributed by atoms with Gasteiger partial charge < -0.3 is 9.80 Å². The largest absolute Gasteiger partial charge is 0.339 e. The van der Waals surface area contributed by atoms with Gasteiger partial charge in [-0.05, 0) is 35.9 Å². The number of piperazine rings is 1. The van der Waals surface area contributed by atoms with Crippen molar-refractivity contribution in [3.63, 3.8) is 0 Å². The highest BCUT2D eigenvalue weighted by atomic mass is 19.1. The molecule has 31 heavy (non-hydrogen) atoms. The second-order valence-corrected chi connectivity index (χ2v) is 7.60. The molecule has 0 saturated carbocycles. The Bertz CT molecular complexity index is 1060. The second-order valence-electron chi connectivity index (χ2n) is 7.60. The number of hydrogen-bond acceptors (Lipinski definition) is 4. The van der Waals surface area contributed by atoms with Gasteiger partial charge in [0.25, 0.3) is 0 Å². The first-order valence-corrected chi connectivity index (χ1v) is 10.2. The average molecular weight is 421 g/mol. The molecule has 8 heteroatoms. The first kappa shape index (κ1) is 20.7. The molecule has 1 aromatic carbocycles. The molecular weight excluding hydrogens is 397 g/mol. The Balaban J connectivity index is 1.55. The summed E-state index contributed by atoms with van der Waals surface area (Å²) in [5, 5.41) is 4.67. The Morgan fingerprint density at radius 3 is 2.26 bits per heavy atom. The SMILES string of the molecule is CC(=O)N1CCN(C(=O)Cn2nc(-c3ccncc3)cc2Cc2ccc(F)cc2)CC1. The van der Waals surface area contributed by atoms with Gasteiger partial charge in [0.1, 0.15) is 12.4 Å². The van der Waals surface area contributed by atoms with Crippen LogP contribution in [-0.2, 0) is 22.6 Å². The number of carbonyl (C=O) groups is 2. The number of hydrogen-bond donors (Lipinski definition) is 0. The van der Waals surface area contributed by atoms with Crippen LogP contribution >= 0.6 is 0 Å². The van der Waals surface area contributed by atoms with E-state index in [0.717, 1.165) is 22.5 Å². The Kier molecular flexibility index (Phi) is 6.06. The van der Waals surface area contributed by atoms with E-state index in [4.69, 9.17) is 0 Å². The summed E-state index contributed by atoms with van der Waals surface area (Å²) in [6, 6.07) is 12.0. The number of halogens is 1. The molecule has 3 aromatic rings. The van der Waals surface area contributed by atoms with E-state index >= 15 is 0 Å². The third-order valence-corrected chi connectivity index (χ3v) is 5.50. The number of amides is 2. The Morgan fingerprint density at radius 2 is 1.61 bits per heavy atom. The minimum atomic E-state index is -0.283. The van der Waals surface area contributed by atoms with Gasteiger partial charge in [0, 0.05) is 63.2 Å². The van der Waals surface area contributed by atoms with Crippen molar-refractivity contribution in [1.29, 1.82) is 0 Å². The lowest BCUT2D eigenvalue weighted by atomic mass is 10.1. The van der Waals surface area contributed by atoms with Crippen LogP contribution in [0.5, 0.6) is 0 Å². The summed E-state index contributed by atoms with van der Waals surface area (Å²) in [7, 11) is 0. The Morgan fingerprint density at radius 1 is 0.968 bits per heavy atom. The van der Waals surface area contributed by atoms with Gasteiger partial charge in [0.05, 0.1) is 5.69 Å². The van der Waals surface area contributed by atoms with Crippen LogP contribution in [0.15, 0.2) is 54.9 Å². The fraction of sp³-hybridized carbons (Fsp3) is 0.304. The normalized spacial score (nSPS) is 14.0. The molecule has 160 valence electrons. The van der Waals surface area contributed by atoms with Crippen LogP contribution in [0.3, 0.4) is 0 Å². The maximum Gasteiger partial charge on any atom is 0.244 e. The summed E-state index contributed by atoms with van der Waals surface area (Å²) in [6.07, 6.45) is 3.94. The van der Waals surface area contributed by atoms with E-state index in [-0.39, 0.29) is 24.2 Å². The van der Waals surface area contributed by atoms with Crippen LogP contribution in [0.4, 0.5) is 4.39 Å². The minimum Gasteiger partial charge on any atom is -0.339 e. The van der Waals surface area contributed by atoms with E-state index < -0.39 is 0 Å². The standard InChI is InChI=1S/C23H24FN5O2/c1-17(30)27-10-12-28(13-11-27)23(31)16-29-21(14-18-2-4-20(24)5-3-18)15-22(26-29)19-6-8-25-9-7-19/h2-9,15H,10-14,16H2,1H3. The number of aromatic nitrogens is 3. The van der Waals surface area contributed by atoms with Gasteiger partial charge in [-0.2, -0.15) is 5.10 Å². The molecular formula is C23H24FN5O2. The summed E-state index contributed by atoms with van der Waals surface area (Å²) in [4.78, 5) is 32.0. The van der Waals surface area contributed by atoms with E-state index in [1.54, 1.807) is 45.9 Å². The predicted molar refractivity (Wildman–Crippen MR) is 113 cm³/mol. The molecule has 2 aromatic heterocycles. The van der Waals surface area contributed by atoms with Gasteiger partial charge in [0.2, 0.25) is 11.8 Å². The molecule has 3 heterocycles. The molecule has 1 fully saturated rings. The summed E-state index contributed by atoms with van der Waals surface area (Å²) in [5.74, 6) is -0.287. The highest BCUT2D eigenvalue weighted by molar-refractivity contribution is 5.77. The first-order chi connectivity index (χ1) is 15.0. The molecule has 1 aliphatic heterocycles.